The summed E-state index contributed by atoms with van der Waals surface area (Å²) in [5, 5.41) is 0. The second-order valence-corrected chi connectivity index (χ2v) is 10.7. The number of rotatable bonds is 4. The number of carbonyl (C=O) groups is 1. The molecule has 0 aromatic rings. The summed E-state index contributed by atoms with van der Waals surface area (Å²) in [6, 6.07) is 0. The molecule has 0 unspecified atom stereocenters. The van der Waals surface area contributed by atoms with Crippen molar-refractivity contribution in [3.05, 3.63) is 11.1 Å². The van der Waals surface area contributed by atoms with Crippen LogP contribution in [0, 0.1) is 16.7 Å². The lowest BCUT2D eigenvalue weighted by atomic mass is 9.68. The van der Waals surface area contributed by atoms with E-state index in [1.54, 1.807) is 0 Å². The first-order valence-electron chi connectivity index (χ1n) is 11.0. The standard InChI is InChI=1S/C24H42O2/c1-23(2,3)21(24(4,5)6)20(17-18-13-9-7-10-14-18)22(25)26-19-15-11-8-12-16-19/h18-19H,7-17H2,1-6H3. The normalized spacial score (nSPS) is 20.7. The van der Waals surface area contributed by atoms with Gasteiger partial charge in [0.25, 0.3) is 0 Å². The van der Waals surface area contributed by atoms with Gasteiger partial charge in [0.1, 0.15) is 6.10 Å². The van der Waals surface area contributed by atoms with Gasteiger partial charge in [0.2, 0.25) is 0 Å². The Hall–Kier alpha value is -0.790. The van der Waals surface area contributed by atoms with Crippen LogP contribution in [-0.4, -0.2) is 12.1 Å². The molecule has 26 heavy (non-hydrogen) atoms. The largest absolute Gasteiger partial charge is 0.459 e. The molecule has 0 amide bonds. The van der Waals surface area contributed by atoms with E-state index in [0.717, 1.165) is 24.8 Å². The predicted molar refractivity (Wildman–Crippen MR) is 110 cm³/mol. The summed E-state index contributed by atoms with van der Waals surface area (Å²) in [6.07, 6.45) is 13.3. The zero-order valence-corrected chi connectivity index (χ0v) is 18.2. The van der Waals surface area contributed by atoms with Crippen LogP contribution in [0.15, 0.2) is 11.1 Å². The van der Waals surface area contributed by atoms with Gasteiger partial charge in [0, 0.05) is 5.57 Å². The van der Waals surface area contributed by atoms with E-state index in [2.05, 4.69) is 41.5 Å². The summed E-state index contributed by atoms with van der Waals surface area (Å²) in [4.78, 5) is 13.3. The van der Waals surface area contributed by atoms with Crippen LogP contribution in [0.3, 0.4) is 0 Å². The molecule has 0 aromatic heterocycles. The Morgan fingerprint density at radius 1 is 0.769 bits per heavy atom. The zero-order chi connectivity index (χ0) is 19.4. The molecule has 2 aliphatic rings. The molecular formula is C24H42O2. The highest BCUT2D eigenvalue weighted by Crippen LogP contribution is 2.44. The van der Waals surface area contributed by atoms with Crippen LogP contribution in [0.5, 0.6) is 0 Å². The van der Waals surface area contributed by atoms with Gasteiger partial charge < -0.3 is 4.74 Å². The molecule has 0 aliphatic heterocycles. The van der Waals surface area contributed by atoms with Gasteiger partial charge >= 0.3 is 5.97 Å². The first-order valence-corrected chi connectivity index (χ1v) is 11.0. The molecule has 2 rings (SSSR count). The van der Waals surface area contributed by atoms with Gasteiger partial charge in [-0.15, -0.1) is 0 Å². The van der Waals surface area contributed by atoms with Crippen molar-refractivity contribution in [3.8, 4) is 0 Å². The summed E-state index contributed by atoms with van der Waals surface area (Å²) in [7, 11) is 0. The van der Waals surface area contributed by atoms with Crippen molar-refractivity contribution >= 4 is 5.97 Å². The molecule has 2 fully saturated rings. The fourth-order valence-electron chi connectivity index (χ4n) is 5.40. The lowest BCUT2D eigenvalue weighted by Gasteiger charge is -2.37. The molecule has 0 N–H and O–H groups in total. The minimum Gasteiger partial charge on any atom is -0.459 e. The molecule has 2 saturated carbocycles. The fraction of sp³-hybridized carbons (Fsp3) is 0.875. The van der Waals surface area contributed by atoms with Gasteiger partial charge in [-0.05, 0) is 54.4 Å². The van der Waals surface area contributed by atoms with E-state index in [9.17, 15) is 4.79 Å². The smallest absolute Gasteiger partial charge is 0.334 e. The molecule has 0 bridgehead atoms. The Balaban J connectivity index is 2.32. The van der Waals surface area contributed by atoms with Gasteiger partial charge in [0.15, 0.2) is 0 Å². The predicted octanol–water partition coefficient (Wildman–Crippen LogP) is 7.22. The number of allylic oxidation sites excluding steroid dienone is 1. The van der Waals surface area contributed by atoms with Crippen LogP contribution >= 0.6 is 0 Å². The molecule has 0 saturated heterocycles. The number of esters is 1. The van der Waals surface area contributed by atoms with Crippen LogP contribution in [0.25, 0.3) is 0 Å². The Kier molecular flexibility index (Phi) is 7.39. The summed E-state index contributed by atoms with van der Waals surface area (Å²) >= 11 is 0. The van der Waals surface area contributed by atoms with Crippen molar-refractivity contribution in [1.82, 2.24) is 0 Å². The third-order valence-corrected chi connectivity index (χ3v) is 6.09. The van der Waals surface area contributed by atoms with Crippen LogP contribution in [0.1, 0.15) is 112 Å². The average Bonchev–Trinajstić information content (AvgIpc) is 2.53. The van der Waals surface area contributed by atoms with Gasteiger partial charge in [0.05, 0.1) is 0 Å². The van der Waals surface area contributed by atoms with Crippen molar-refractivity contribution < 1.29 is 9.53 Å². The molecule has 150 valence electrons. The van der Waals surface area contributed by atoms with Gasteiger partial charge in [-0.3, -0.25) is 0 Å². The van der Waals surface area contributed by atoms with Gasteiger partial charge in [-0.1, -0.05) is 80.1 Å². The summed E-state index contributed by atoms with van der Waals surface area (Å²) in [6.45, 7) is 13.5. The van der Waals surface area contributed by atoms with Crippen molar-refractivity contribution in [3.63, 3.8) is 0 Å². The molecule has 0 aromatic carbocycles. The molecule has 0 spiro atoms. The second-order valence-electron chi connectivity index (χ2n) is 10.7. The maximum atomic E-state index is 13.3. The maximum absolute atomic E-state index is 13.3. The first kappa shape index (κ1) is 21.5. The molecule has 2 heteroatoms. The Morgan fingerprint density at radius 3 is 1.69 bits per heavy atom. The molecular weight excluding hydrogens is 320 g/mol. The van der Waals surface area contributed by atoms with E-state index in [0.29, 0.717) is 5.92 Å². The van der Waals surface area contributed by atoms with Crippen molar-refractivity contribution in [2.24, 2.45) is 16.7 Å². The van der Waals surface area contributed by atoms with E-state index in [1.807, 2.05) is 0 Å². The molecule has 0 atom stereocenters. The van der Waals surface area contributed by atoms with Crippen molar-refractivity contribution in [2.45, 2.75) is 118 Å². The van der Waals surface area contributed by atoms with E-state index in [1.165, 1.54) is 56.9 Å². The number of hydrogen-bond donors (Lipinski definition) is 0. The van der Waals surface area contributed by atoms with Crippen LogP contribution < -0.4 is 0 Å². The topological polar surface area (TPSA) is 26.3 Å². The van der Waals surface area contributed by atoms with Gasteiger partial charge in [-0.25, -0.2) is 4.79 Å². The quantitative estimate of drug-likeness (QED) is 0.390. The first-order chi connectivity index (χ1) is 12.1. The maximum Gasteiger partial charge on any atom is 0.334 e. The van der Waals surface area contributed by atoms with E-state index in [-0.39, 0.29) is 22.9 Å². The third-order valence-electron chi connectivity index (χ3n) is 6.09. The minimum atomic E-state index is -0.0200. The van der Waals surface area contributed by atoms with E-state index < -0.39 is 0 Å². The van der Waals surface area contributed by atoms with Crippen molar-refractivity contribution in [2.75, 3.05) is 0 Å². The summed E-state index contributed by atoms with van der Waals surface area (Å²) in [5.41, 5.74) is 2.26. The summed E-state index contributed by atoms with van der Waals surface area (Å²) in [5.74, 6) is 0.639. The van der Waals surface area contributed by atoms with E-state index >= 15 is 0 Å². The third kappa shape index (κ3) is 6.13. The lowest BCUT2D eigenvalue weighted by molar-refractivity contribution is -0.146. The minimum absolute atomic E-state index is 0.0117. The SMILES string of the molecule is CC(C)(C)C(=C(CC1CCCCC1)C(=O)OC1CCCCC1)C(C)(C)C. The highest BCUT2D eigenvalue weighted by Gasteiger charge is 2.35. The van der Waals surface area contributed by atoms with Gasteiger partial charge in [-0.2, -0.15) is 0 Å². The molecule has 2 aliphatic carbocycles. The Labute approximate surface area is 162 Å². The van der Waals surface area contributed by atoms with Crippen molar-refractivity contribution in [1.29, 1.82) is 0 Å². The lowest BCUT2D eigenvalue weighted by Crippen LogP contribution is -2.30. The molecule has 0 heterocycles. The average molecular weight is 363 g/mol. The second kappa shape index (κ2) is 8.93. The monoisotopic (exact) mass is 362 g/mol. The van der Waals surface area contributed by atoms with Crippen LogP contribution in [0.4, 0.5) is 0 Å². The Bertz CT molecular complexity index is 473. The highest BCUT2D eigenvalue weighted by molar-refractivity contribution is 5.90. The van der Waals surface area contributed by atoms with Crippen LogP contribution in [0.2, 0.25) is 0 Å². The fourth-order valence-corrected chi connectivity index (χ4v) is 5.40. The number of ether oxygens (including phenoxy) is 1. The number of hydrogen-bond acceptors (Lipinski definition) is 2. The zero-order valence-electron chi connectivity index (χ0n) is 18.2. The van der Waals surface area contributed by atoms with E-state index in [4.69, 9.17) is 4.74 Å². The molecule has 0 radical (unpaired) electrons. The Morgan fingerprint density at radius 2 is 1.23 bits per heavy atom. The summed E-state index contributed by atoms with van der Waals surface area (Å²) < 4.78 is 6.07. The molecule has 2 nitrogen and oxygen atoms in total. The number of carbonyl (C=O) groups excluding carboxylic acids is 1. The highest BCUT2D eigenvalue weighted by atomic mass is 16.5. The van der Waals surface area contributed by atoms with Crippen LogP contribution in [-0.2, 0) is 9.53 Å².